The molecule has 4 aliphatic carbocycles. The standard InChI is InChI=1S/C20H30O2/c1-12(21)16-6-7-17-15-5-4-13-10-14(22)11-20(13,3)18(15)8-9-19(16,17)2/h13,15-18H,4-11H2,1-3H3. The van der Waals surface area contributed by atoms with Crippen molar-refractivity contribution in [2.24, 2.45) is 40.4 Å². The Labute approximate surface area is 134 Å². The topological polar surface area (TPSA) is 34.1 Å². The molecule has 0 saturated heterocycles. The summed E-state index contributed by atoms with van der Waals surface area (Å²) in [6.45, 7) is 6.62. The van der Waals surface area contributed by atoms with Crippen LogP contribution in [0.5, 0.6) is 0 Å². The van der Waals surface area contributed by atoms with E-state index in [4.69, 9.17) is 0 Å². The maximum absolute atomic E-state index is 12.1. The van der Waals surface area contributed by atoms with Crippen molar-refractivity contribution in [3.05, 3.63) is 0 Å². The molecule has 4 rings (SSSR count). The first-order valence-corrected chi connectivity index (χ1v) is 9.38. The zero-order valence-electron chi connectivity index (χ0n) is 14.4. The molecule has 0 aliphatic heterocycles. The Balaban J connectivity index is 1.65. The lowest BCUT2D eigenvalue weighted by molar-refractivity contribution is -0.129. The average Bonchev–Trinajstić information content (AvgIpc) is 2.93. The molecule has 0 spiro atoms. The Bertz CT molecular complexity index is 524. The number of ketones is 2. The van der Waals surface area contributed by atoms with Crippen molar-refractivity contribution in [2.45, 2.75) is 72.1 Å². The summed E-state index contributed by atoms with van der Waals surface area (Å²) in [5.74, 6) is 4.11. The molecule has 22 heavy (non-hydrogen) atoms. The van der Waals surface area contributed by atoms with E-state index in [0.29, 0.717) is 23.4 Å². The summed E-state index contributed by atoms with van der Waals surface area (Å²) in [6.07, 6.45) is 9.05. The molecular weight excluding hydrogens is 272 g/mol. The van der Waals surface area contributed by atoms with Gasteiger partial charge in [0.1, 0.15) is 11.6 Å². The van der Waals surface area contributed by atoms with Gasteiger partial charge in [-0.05, 0) is 80.0 Å². The summed E-state index contributed by atoms with van der Waals surface area (Å²) >= 11 is 0. The van der Waals surface area contributed by atoms with Crippen LogP contribution < -0.4 is 0 Å². The summed E-state index contributed by atoms with van der Waals surface area (Å²) in [5.41, 5.74) is 0.522. The summed E-state index contributed by atoms with van der Waals surface area (Å²) in [4.78, 5) is 24.2. The van der Waals surface area contributed by atoms with Gasteiger partial charge in [-0.3, -0.25) is 9.59 Å². The molecule has 7 atom stereocenters. The fourth-order valence-corrected chi connectivity index (χ4v) is 7.59. The summed E-state index contributed by atoms with van der Waals surface area (Å²) in [5, 5.41) is 0. The molecule has 4 aliphatic rings. The van der Waals surface area contributed by atoms with Gasteiger partial charge in [-0.25, -0.2) is 0 Å². The number of hydrogen-bond donors (Lipinski definition) is 0. The monoisotopic (exact) mass is 302 g/mol. The molecule has 0 aromatic rings. The predicted octanol–water partition coefficient (Wildman–Crippen LogP) is 4.41. The van der Waals surface area contributed by atoms with Crippen LogP contribution in [0, 0.1) is 40.4 Å². The lowest BCUT2D eigenvalue weighted by atomic mass is 9.47. The van der Waals surface area contributed by atoms with E-state index in [-0.39, 0.29) is 10.8 Å². The zero-order valence-corrected chi connectivity index (χ0v) is 14.4. The van der Waals surface area contributed by atoms with Crippen LogP contribution in [-0.4, -0.2) is 11.6 Å². The van der Waals surface area contributed by atoms with Gasteiger partial charge in [0.2, 0.25) is 0 Å². The minimum absolute atomic E-state index is 0.249. The zero-order chi connectivity index (χ0) is 15.7. The van der Waals surface area contributed by atoms with Crippen LogP contribution in [0.4, 0.5) is 0 Å². The van der Waals surface area contributed by atoms with Crippen molar-refractivity contribution in [2.75, 3.05) is 0 Å². The number of carbonyl (C=O) groups is 2. The maximum atomic E-state index is 12.1. The molecule has 2 heteroatoms. The van der Waals surface area contributed by atoms with Crippen LogP contribution in [-0.2, 0) is 9.59 Å². The van der Waals surface area contributed by atoms with Gasteiger partial charge in [0.05, 0.1) is 0 Å². The lowest BCUT2D eigenvalue weighted by Gasteiger charge is -2.57. The minimum atomic E-state index is 0.249. The molecule has 4 fully saturated rings. The third-order valence-corrected chi connectivity index (χ3v) is 8.61. The fraction of sp³-hybridized carbons (Fsp3) is 0.900. The van der Waals surface area contributed by atoms with Gasteiger partial charge in [-0.15, -0.1) is 0 Å². The second-order valence-electron chi connectivity index (χ2n) is 9.36. The van der Waals surface area contributed by atoms with E-state index in [2.05, 4.69) is 13.8 Å². The Kier molecular flexibility index (Phi) is 3.17. The van der Waals surface area contributed by atoms with E-state index < -0.39 is 0 Å². The van der Waals surface area contributed by atoms with E-state index in [1.807, 2.05) is 0 Å². The van der Waals surface area contributed by atoms with Crippen LogP contribution in [0.2, 0.25) is 0 Å². The van der Waals surface area contributed by atoms with Gasteiger partial charge in [0, 0.05) is 18.8 Å². The van der Waals surface area contributed by atoms with Crippen molar-refractivity contribution >= 4 is 11.6 Å². The van der Waals surface area contributed by atoms with Crippen LogP contribution in [0.25, 0.3) is 0 Å². The number of Topliss-reactive ketones (excluding diaryl/α,β-unsaturated/α-hetero) is 2. The molecule has 7 unspecified atom stereocenters. The van der Waals surface area contributed by atoms with E-state index >= 15 is 0 Å². The largest absolute Gasteiger partial charge is 0.300 e. The van der Waals surface area contributed by atoms with Crippen LogP contribution >= 0.6 is 0 Å². The molecule has 0 amide bonds. The van der Waals surface area contributed by atoms with E-state index in [1.54, 1.807) is 6.92 Å². The second-order valence-corrected chi connectivity index (χ2v) is 9.36. The van der Waals surface area contributed by atoms with Gasteiger partial charge in [0.25, 0.3) is 0 Å². The molecule has 2 nitrogen and oxygen atoms in total. The number of hydrogen-bond acceptors (Lipinski definition) is 2. The highest BCUT2D eigenvalue weighted by molar-refractivity contribution is 5.82. The van der Waals surface area contributed by atoms with Crippen LogP contribution in [0.3, 0.4) is 0 Å². The van der Waals surface area contributed by atoms with E-state index in [0.717, 1.165) is 37.0 Å². The smallest absolute Gasteiger partial charge is 0.133 e. The highest BCUT2D eigenvalue weighted by Gasteiger charge is 2.61. The first kappa shape index (κ1) is 14.9. The quantitative estimate of drug-likeness (QED) is 0.719. The molecule has 0 N–H and O–H groups in total. The highest BCUT2D eigenvalue weighted by Crippen LogP contribution is 2.67. The molecule has 0 aromatic heterocycles. The second kappa shape index (κ2) is 4.68. The van der Waals surface area contributed by atoms with Crippen molar-refractivity contribution in [3.63, 3.8) is 0 Å². The normalized spacial score (nSPS) is 53.8. The molecule has 4 saturated carbocycles. The van der Waals surface area contributed by atoms with E-state index in [1.165, 1.54) is 32.1 Å². The molecule has 0 aromatic carbocycles. The van der Waals surface area contributed by atoms with Gasteiger partial charge >= 0.3 is 0 Å². The molecule has 0 radical (unpaired) electrons. The van der Waals surface area contributed by atoms with Crippen molar-refractivity contribution < 1.29 is 9.59 Å². The average molecular weight is 302 g/mol. The highest BCUT2D eigenvalue weighted by atomic mass is 16.1. The van der Waals surface area contributed by atoms with Crippen LogP contribution in [0.15, 0.2) is 0 Å². The Morgan fingerprint density at radius 1 is 1.00 bits per heavy atom. The number of carbonyl (C=O) groups excluding carboxylic acids is 2. The van der Waals surface area contributed by atoms with Gasteiger partial charge in [0.15, 0.2) is 0 Å². The Morgan fingerprint density at radius 2 is 1.73 bits per heavy atom. The maximum Gasteiger partial charge on any atom is 0.133 e. The summed E-state index contributed by atoms with van der Waals surface area (Å²) < 4.78 is 0. The predicted molar refractivity (Wildman–Crippen MR) is 86.3 cm³/mol. The minimum Gasteiger partial charge on any atom is -0.300 e. The first-order valence-electron chi connectivity index (χ1n) is 9.38. The van der Waals surface area contributed by atoms with Gasteiger partial charge < -0.3 is 0 Å². The Hall–Kier alpha value is -0.660. The molecule has 122 valence electrons. The van der Waals surface area contributed by atoms with E-state index in [9.17, 15) is 9.59 Å². The third kappa shape index (κ3) is 1.79. The summed E-state index contributed by atoms with van der Waals surface area (Å²) in [7, 11) is 0. The molecule has 0 bridgehead atoms. The number of rotatable bonds is 1. The molecule has 0 heterocycles. The van der Waals surface area contributed by atoms with Crippen molar-refractivity contribution in [1.82, 2.24) is 0 Å². The van der Waals surface area contributed by atoms with Crippen molar-refractivity contribution in [1.29, 1.82) is 0 Å². The molecular formula is C20H30O2. The lowest BCUT2D eigenvalue weighted by Crippen LogP contribution is -2.51. The third-order valence-electron chi connectivity index (χ3n) is 8.61. The van der Waals surface area contributed by atoms with Crippen LogP contribution in [0.1, 0.15) is 72.1 Å². The van der Waals surface area contributed by atoms with Crippen molar-refractivity contribution in [3.8, 4) is 0 Å². The SMILES string of the molecule is CC(=O)C1CCC2C3CCC4CC(=O)CC4(C)C3CCC12C. The van der Waals surface area contributed by atoms with Gasteiger partial charge in [-0.2, -0.15) is 0 Å². The van der Waals surface area contributed by atoms with Gasteiger partial charge in [-0.1, -0.05) is 13.8 Å². The first-order chi connectivity index (χ1) is 10.4. The fourth-order valence-electron chi connectivity index (χ4n) is 7.59. The number of fused-ring (bicyclic) bond motifs is 5. The Morgan fingerprint density at radius 3 is 2.45 bits per heavy atom. The summed E-state index contributed by atoms with van der Waals surface area (Å²) in [6, 6.07) is 0.